The van der Waals surface area contributed by atoms with Crippen LogP contribution >= 0.6 is 0 Å². The Morgan fingerprint density at radius 3 is 2.04 bits per heavy atom. The van der Waals surface area contributed by atoms with E-state index < -0.39 is 5.97 Å². The molecule has 0 aromatic heterocycles. The molecule has 4 nitrogen and oxygen atoms in total. The minimum absolute atomic E-state index is 0.259. The number of ether oxygens (including phenoxy) is 1. The Balaban J connectivity index is 1.64. The van der Waals surface area contributed by atoms with E-state index in [1.807, 2.05) is 12.1 Å². The largest absolute Gasteiger partial charge is 0.478 e. The van der Waals surface area contributed by atoms with Gasteiger partial charge in [0, 0.05) is 0 Å². The molecule has 1 aliphatic rings. The van der Waals surface area contributed by atoms with Gasteiger partial charge in [-0.25, -0.2) is 4.79 Å². The zero-order valence-corrected chi connectivity index (χ0v) is 13.2. The van der Waals surface area contributed by atoms with Crippen LogP contribution in [0.3, 0.4) is 0 Å². The molecule has 0 amide bonds. The Bertz CT molecular complexity index is 656. The van der Waals surface area contributed by atoms with E-state index >= 15 is 0 Å². The molecule has 1 saturated heterocycles. The van der Waals surface area contributed by atoms with Crippen molar-refractivity contribution in [3.63, 3.8) is 0 Å². The number of hydrogen-bond acceptors (Lipinski definition) is 3. The van der Waals surface area contributed by atoms with Crippen LogP contribution in [0, 0.1) is 0 Å². The van der Waals surface area contributed by atoms with E-state index in [4.69, 9.17) is 9.84 Å². The minimum Gasteiger partial charge on any atom is -0.478 e. The van der Waals surface area contributed by atoms with Gasteiger partial charge < -0.3 is 14.7 Å². The van der Waals surface area contributed by atoms with E-state index in [1.165, 1.54) is 18.4 Å². The summed E-state index contributed by atoms with van der Waals surface area (Å²) >= 11 is 0. The zero-order chi connectivity index (χ0) is 16.2. The van der Waals surface area contributed by atoms with Crippen molar-refractivity contribution in [1.29, 1.82) is 0 Å². The van der Waals surface area contributed by atoms with Gasteiger partial charge in [0.2, 0.25) is 0 Å². The summed E-state index contributed by atoms with van der Waals surface area (Å²) in [5.74, 6) is 1.11. The number of benzene rings is 2. The lowest BCUT2D eigenvalue weighted by Gasteiger charge is -2.29. The molecule has 0 atom stereocenters. The third kappa shape index (κ3) is 3.90. The summed E-state index contributed by atoms with van der Waals surface area (Å²) in [6, 6.07) is 14.7. The summed E-state index contributed by atoms with van der Waals surface area (Å²) in [4.78, 5) is 13.2. The highest BCUT2D eigenvalue weighted by Crippen LogP contribution is 2.30. The van der Waals surface area contributed by atoms with Gasteiger partial charge in [0.15, 0.2) is 0 Å². The second kappa shape index (κ2) is 6.84. The molecule has 0 saturated carbocycles. The SMILES string of the molecule is CN1CCC(c2ccc(Oc3ccc(C(=O)O)cc3)cc2)CC1. The Hall–Kier alpha value is -2.33. The second-order valence-corrected chi connectivity index (χ2v) is 6.08. The average molecular weight is 311 g/mol. The van der Waals surface area contributed by atoms with Crippen LogP contribution in [0.15, 0.2) is 48.5 Å². The lowest BCUT2D eigenvalue weighted by Crippen LogP contribution is -2.29. The zero-order valence-electron chi connectivity index (χ0n) is 13.2. The van der Waals surface area contributed by atoms with Crippen LogP contribution in [0.4, 0.5) is 0 Å². The smallest absolute Gasteiger partial charge is 0.335 e. The molecule has 0 spiro atoms. The molecule has 3 rings (SSSR count). The van der Waals surface area contributed by atoms with Crippen LogP contribution in [0.25, 0.3) is 0 Å². The van der Waals surface area contributed by atoms with E-state index in [9.17, 15) is 4.79 Å². The van der Waals surface area contributed by atoms with Crippen molar-refractivity contribution in [2.75, 3.05) is 20.1 Å². The van der Waals surface area contributed by atoms with Crippen molar-refractivity contribution in [3.8, 4) is 11.5 Å². The van der Waals surface area contributed by atoms with Gasteiger partial charge in [0.25, 0.3) is 0 Å². The van der Waals surface area contributed by atoms with E-state index in [0.29, 0.717) is 11.7 Å². The van der Waals surface area contributed by atoms with Crippen LogP contribution in [0.2, 0.25) is 0 Å². The third-order valence-corrected chi connectivity index (χ3v) is 4.41. The van der Waals surface area contributed by atoms with Crippen LogP contribution in [-0.4, -0.2) is 36.1 Å². The number of carbonyl (C=O) groups is 1. The first-order valence-corrected chi connectivity index (χ1v) is 7.91. The Labute approximate surface area is 136 Å². The van der Waals surface area contributed by atoms with Gasteiger partial charge in [-0.15, -0.1) is 0 Å². The van der Waals surface area contributed by atoms with Gasteiger partial charge in [-0.3, -0.25) is 0 Å². The van der Waals surface area contributed by atoms with Crippen molar-refractivity contribution in [1.82, 2.24) is 4.90 Å². The van der Waals surface area contributed by atoms with E-state index in [-0.39, 0.29) is 5.56 Å². The molecule has 1 fully saturated rings. The van der Waals surface area contributed by atoms with E-state index in [0.717, 1.165) is 18.8 Å². The highest BCUT2D eigenvalue weighted by atomic mass is 16.5. The topological polar surface area (TPSA) is 49.8 Å². The first-order chi connectivity index (χ1) is 11.1. The predicted molar refractivity (Wildman–Crippen MR) is 89.4 cm³/mol. The number of carboxylic acid groups (broad SMARTS) is 1. The lowest BCUT2D eigenvalue weighted by atomic mass is 9.90. The highest BCUT2D eigenvalue weighted by molar-refractivity contribution is 5.87. The van der Waals surface area contributed by atoms with Crippen LogP contribution in [-0.2, 0) is 0 Å². The maximum atomic E-state index is 10.8. The summed E-state index contributed by atoms with van der Waals surface area (Å²) < 4.78 is 5.77. The molecule has 2 aromatic carbocycles. The van der Waals surface area contributed by atoms with Gasteiger partial charge in [0.1, 0.15) is 11.5 Å². The average Bonchev–Trinajstić information content (AvgIpc) is 2.57. The number of carboxylic acids is 1. The molecular weight excluding hydrogens is 290 g/mol. The first kappa shape index (κ1) is 15.6. The first-order valence-electron chi connectivity index (χ1n) is 7.91. The van der Waals surface area contributed by atoms with Gasteiger partial charge in [-0.2, -0.15) is 0 Å². The number of piperidine rings is 1. The number of aromatic carboxylic acids is 1. The van der Waals surface area contributed by atoms with Crippen molar-refractivity contribution < 1.29 is 14.6 Å². The maximum absolute atomic E-state index is 10.8. The maximum Gasteiger partial charge on any atom is 0.335 e. The fraction of sp³-hybridized carbons (Fsp3) is 0.316. The second-order valence-electron chi connectivity index (χ2n) is 6.08. The van der Waals surface area contributed by atoms with E-state index in [1.54, 1.807) is 24.3 Å². The molecule has 4 heteroatoms. The summed E-state index contributed by atoms with van der Waals surface area (Å²) in [6.45, 7) is 2.30. The normalized spacial score (nSPS) is 16.2. The molecule has 1 N–H and O–H groups in total. The summed E-state index contributed by atoms with van der Waals surface area (Å²) in [5.41, 5.74) is 1.63. The van der Waals surface area contributed by atoms with Gasteiger partial charge in [0.05, 0.1) is 5.56 Å². The third-order valence-electron chi connectivity index (χ3n) is 4.41. The van der Waals surface area contributed by atoms with Crippen LogP contribution in [0.5, 0.6) is 11.5 Å². The molecule has 1 aliphatic heterocycles. The summed E-state index contributed by atoms with van der Waals surface area (Å²) in [5, 5.41) is 8.89. The van der Waals surface area contributed by atoms with Crippen molar-refractivity contribution >= 4 is 5.97 Å². The van der Waals surface area contributed by atoms with Crippen molar-refractivity contribution in [2.24, 2.45) is 0 Å². The standard InChI is InChI=1S/C19H21NO3/c1-20-12-10-15(11-13-20)14-2-6-17(7-3-14)23-18-8-4-16(5-9-18)19(21)22/h2-9,15H,10-13H2,1H3,(H,21,22). The quantitative estimate of drug-likeness (QED) is 0.927. The van der Waals surface area contributed by atoms with Gasteiger partial charge in [-0.05, 0) is 80.9 Å². The van der Waals surface area contributed by atoms with Crippen LogP contribution < -0.4 is 4.74 Å². The Morgan fingerprint density at radius 1 is 1.00 bits per heavy atom. The van der Waals surface area contributed by atoms with Gasteiger partial charge in [-0.1, -0.05) is 12.1 Å². The molecule has 23 heavy (non-hydrogen) atoms. The number of likely N-dealkylation sites (tertiary alicyclic amines) is 1. The number of nitrogens with zero attached hydrogens (tertiary/aromatic N) is 1. The lowest BCUT2D eigenvalue weighted by molar-refractivity contribution is 0.0697. The monoisotopic (exact) mass is 311 g/mol. The van der Waals surface area contributed by atoms with Gasteiger partial charge >= 0.3 is 5.97 Å². The molecule has 0 radical (unpaired) electrons. The minimum atomic E-state index is -0.931. The molecule has 0 bridgehead atoms. The molecule has 120 valence electrons. The van der Waals surface area contributed by atoms with Crippen molar-refractivity contribution in [2.45, 2.75) is 18.8 Å². The van der Waals surface area contributed by atoms with Crippen LogP contribution in [0.1, 0.15) is 34.7 Å². The summed E-state index contributed by atoms with van der Waals surface area (Å²) in [7, 11) is 2.17. The molecule has 2 aromatic rings. The fourth-order valence-corrected chi connectivity index (χ4v) is 2.95. The Kier molecular flexibility index (Phi) is 4.63. The number of hydrogen-bond donors (Lipinski definition) is 1. The molecule has 0 aliphatic carbocycles. The molecular formula is C19H21NO3. The fourth-order valence-electron chi connectivity index (χ4n) is 2.95. The van der Waals surface area contributed by atoms with E-state index in [2.05, 4.69) is 24.1 Å². The van der Waals surface area contributed by atoms with Crippen molar-refractivity contribution in [3.05, 3.63) is 59.7 Å². The molecule has 1 heterocycles. The Morgan fingerprint density at radius 2 is 1.52 bits per heavy atom. The number of rotatable bonds is 4. The highest BCUT2D eigenvalue weighted by Gasteiger charge is 2.18. The predicted octanol–water partition coefficient (Wildman–Crippen LogP) is 3.99. The summed E-state index contributed by atoms with van der Waals surface area (Å²) in [6.07, 6.45) is 2.40. The molecule has 0 unspecified atom stereocenters.